The topological polar surface area (TPSA) is 20.2 Å². The summed E-state index contributed by atoms with van der Waals surface area (Å²) in [5.41, 5.74) is 1.36. The zero-order valence-corrected chi connectivity index (χ0v) is 10.3. The molecule has 0 saturated heterocycles. The number of nitrogens with one attached hydrogen (secondary N) is 1. The molecular weight excluding hydrogens is 186 g/mol. The first-order valence-electron chi connectivity index (χ1n) is 5.65. The van der Waals surface area contributed by atoms with Crippen molar-refractivity contribution >= 4 is 0 Å². The van der Waals surface area contributed by atoms with Gasteiger partial charge >= 0.3 is 0 Å². The lowest BCUT2D eigenvalue weighted by Crippen LogP contribution is -2.35. The Morgan fingerprint density at radius 1 is 1.47 bits per heavy atom. The Balaban J connectivity index is 2.25. The van der Waals surface area contributed by atoms with E-state index in [0.717, 1.165) is 19.6 Å². The smallest absolute Gasteiger partial charge is 0.0221 e. The van der Waals surface area contributed by atoms with Gasteiger partial charge in [0.15, 0.2) is 0 Å². The van der Waals surface area contributed by atoms with E-state index in [9.17, 15) is 0 Å². The summed E-state index contributed by atoms with van der Waals surface area (Å²) in [5, 5.41) is 3.47. The van der Waals surface area contributed by atoms with Crippen molar-refractivity contribution in [1.29, 1.82) is 0 Å². The summed E-state index contributed by atoms with van der Waals surface area (Å²) in [6, 6.07) is 2.76. The molecule has 3 nitrogen and oxygen atoms in total. The predicted molar refractivity (Wildman–Crippen MR) is 65.0 cm³/mol. The molecule has 0 saturated carbocycles. The highest BCUT2D eigenvalue weighted by Gasteiger charge is 2.03. The Kier molecular flexibility index (Phi) is 4.85. The molecule has 1 atom stereocenters. The van der Waals surface area contributed by atoms with Crippen LogP contribution < -0.4 is 5.32 Å². The second-order valence-electron chi connectivity index (χ2n) is 4.29. The Labute approximate surface area is 93.1 Å². The third-order valence-corrected chi connectivity index (χ3v) is 2.83. The molecule has 0 fully saturated rings. The van der Waals surface area contributed by atoms with Crippen LogP contribution in [-0.2, 0) is 13.1 Å². The molecule has 0 aliphatic heterocycles. The van der Waals surface area contributed by atoms with E-state index in [1.165, 1.54) is 5.56 Å². The quantitative estimate of drug-likeness (QED) is 0.767. The van der Waals surface area contributed by atoms with Crippen LogP contribution in [0.4, 0.5) is 0 Å². The fraction of sp³-hybridized carbons (Fsp3) is 0.667. The van der Waals surface area contributed by atoms with Gasteiger partial charge in [0.2, 0.25) is 0 Å². The van der Waals surface area contributed by atoms with Gasteiger partial charge in [-0.1, -0.05) is 0 Å². The molecule has 1 heterocycles. The predicted octanol–water partition coefficient (Wildman–Crippen LogP) is 1.55. The molecule has 0 radical (unpaired) electrons. The minimum Gasteiger partial charge on any atom is -0.354 e. The maximum absolute atomic E-state index is 3.47. The molecule has 1 N–H and O–H groups in total. The van der Waals surface area contributed by atoms with Gasteiger partial charge in [0.25, 0.3) is 0 Å². The second kappa shape index (κ2) is 5.93. The standard InChI is InChI=1S/C12H23N3/c1-5-15-7-6-12(10-15)9-13-8-11(2)14(3)4/h6-7,10-11,13H,5,8-9H2,1-4H3. The van der Waals surface area contributed by atoms with Crippen LogP contribution in [0.2, 0.25) is 0 Å². The van der Waals surface area contributed by atoms with Gasteiger partial charge in [0.05, 0.1) is 0 Å². The average Bonchev–Trinajstić information content (AvgIpc) is 2.65. The first kappa shape index (κ1) is 12.3. The summed E-state index contributed by atoms with van der Waals surface area (Å²) in [5.74, 6) is 0. The zero-order valence-electron chi connectivity index (χ0n) is 10.3. The van der Waals surface area contributed by atoms with Crippen molar-refractivity contribution in [2.24, 2.45) is 0 Å². The summed E-state index contributed by atoms with van der Waals surface area (Å²) in [4.78, 5) is 2.23. The van der Waals surface area contributed by atoms with Crippen molar-refractivity contribution < 1.29 is 0 Å². The van der Waals surface area contributed by atoms with E-state index in [0.29, 0.717) is 6.04 Å². The van der Waals surface area contributed by atoms with E-state index in [-0.39, 0.29) is 0 Å². The molecule has 0 aromatic carbocycles. The summed E-state index contributed by atoms with van der Waals surface area (Å²) in [6.45, 7) is 7.43. The average molecular weight is 209 g/mol. The van der Waals surface area contributed by atoms with Gasteiger partial charge in [-0.05, 0) is 39.6 Å². The highest BCUT2D eigenvalue weighted by molar-refractivity contribution is 5.09. The third-order valence-electron chi connectivity index (χ3n) is 2.83. The number of nitrogens with zero attached hydrogens (tertiary/aromatic N) is 2. The monoisotopic (exact) mass is 209 g/mol. The molecule has 0 aliphatic carbocycles. The van der Waals surface area contributed by atoms with Crippen molar-refractivity contribution in [1.82, 2.24) is 14.8 Å². The number of hydrogen-bond acceptors (Lipinski definition) is 2. The van der Waals surface area contributed by atoms with Crippen LogP contribution in [0.25, 0.3) is 0 Å². The first-order chi connectivity index (χ1) is 7.13. The molecule has 0 spiro atoms. The molecular formula is C12H23N3. The fourth-order valence-electron chi connectivity index (χ4n) is 1.40. The Bertz CT molecular complexity index is 278. The van der Waals surface area contributed by atoms with Crippen LogP contribution in [0.1, 0.15) is 19.4 Å². The summed E-state index contributed by atoms with van der Waals surface area (Å²) in [7, 11) is 4.22. The van der Waals surface area contributed by atoms with Crippen LogP contribution in [0, 0.1) is 0 Å². The number of aryl methyl sites for hydroxylation is 1. The summed E-state index contributed by atoms with van der Waals surface area (Å²) < 4.78 is 2.20. The second-order valence-corrected chi connectivity index (χ2v) is 4.29. The summed E-state index contributed by atoms with van der Waals surface area (Å²) in [6.07, 6.45) is 4.33. The van der Waals surface area contributed by atoms with E-state index in [1.54, 1.807) is 0 Å². The van der Waals surface area contributed by atoms with Gasteiger partial charge in [-0.15, -0.1) is 0 Å². The van der Waals surface area contributed by atoms with E-state index < -0.39 is 0 Å². The van der Waals surface area contributed by atoms with Crippen LogP contribution >= 0.6 is 0 Å². The normalized spacial score (nSPS) is 13.4. The number of likely N-dealkylation sites (N-methyl/N-ethyl adjacent to an activating group) is 1. The van der Waals surface area contributed by atoms with Crippen molar-refractivity contribution in [3.63, 3.8) is 0 Å². The first-order valence-corrected chi connectivity index (χ1v) is 5.65. The minimum atomic E-state index is 0.582. The Morgan fingerprint density at radius 2 is 2.20 bits per heavy atom. The Hall–Kier alpha value is -0.800. The lowest BCUT2D eigenvalue weighted by Gasteiger charge is -2.19. The summed E-state index contributed by atoms with van der Waals surface area (Å²) >= 11 is 0. The molecule has 15 heavy (non-hydrogen) atoms. The minimum absolute atomic E-state index is 0.582. The molecule has 86 valence electrons. The molecule has 0 aliphatic rings. The van der Waals surface area contributed by atoms with Crippen molar-refractivity contribution in [2.75, 3.05) is 20.6 Å². The van der Waals surface area contributed by atoms with E-state index in [1.807, 2.05) is 0 Å². The van der Waals surface area contributed by atoms with E-state index in [4.69, 9.17) is 0 Å². The molecule has 0 bridgehead atoms. The maximum atomic E-state index is 3.47. The van der Waals surface area contributed by atoms with Crippen molar-refractivity contribution in [3.8, 4) is 0 Å². The molecule has 0 amide bonds. The fourth-order valence-corrected chi connectivity index (χ4v) is 1.40. The van der Waals surface area contributed by atoms with Crippen LogP contribution in [-0.4, -0.2) is 36.1 Å². The lowest BCUT2D eigenvalue weighted by molar-refractivity contribution is 0.302. The lowest BCUT2D eigenvalue weighted by atomic mass is 10.3. The van der Waals surface area contributed by atoms with Gasteiger partial charge < -0.3 is 14.8 Å². The number of aromatic nitrogens is 1. The molecule has 1 unspecified atom stereocenters. The molecule has 1 aromatic heterocycles. The third kappa shape index (κ3) is 4.06. The molecule has 3 heteroatoms. The van der Waals surface area contributed by atoms with Gasteiger partial charge in [0, 0.05) is 38.1 Å². The molecule has 1 rings (SSSR count). The maximum Gasteiger partial charge on any atom is 0.0221 e. The largest absolute Gasteiger partial charge is 0.354 e. The Morgan fingerprint density at radius 3 is 2.73 bits per heavy atom. The van der Waals surface area contributed by atoms with Crippen LogP contribution in [0.3, 0.4) is 0 Å². The molecule has 1 aromatic rings. The van der Waals surface area contributed by atoms with Gasteiger partial charge in [-0.25, -0.2) is 0 Å². The number of hydrogen-bond donors (Lipinski definition) is 1. The van der Waals surface area contributed by atoms with Crippen LogP contribution in [0.15, 0.2) is 18.5 Å². The highest BCUT2D eigenvalue weighted by atomic mass is 15.1. The SMILES string of the molecule is CCn1ccc(CNCC(C)N(C)C)c1. The van der Waals surface area contributed by atoms with E-state index >= 15 is 0 Å². The van der Waals surface area contributed by atoms with Gasteiger partial charge in [-0.3, -0.25) is 0 Å². The van der Waals surface area contributed by atoms with E-state index in [2.05, 4.69) is 61.2 Å². The van der Waals surface area contributed by atoms with Gasteiger partial charge in [0.1, 0.15) is 0 Å². The van der Waals surface area contributed by atoms with Crippen molar-refractivity contribution in [2.45, 2.75) is 33.0 Å². The van der Waals surface area contributed by atoms with Crippen molar-refractivity contribution in [3.05, 3.63) is 24.0 Å². The zero-order chi connectivity index (χ0) is 11.3. The van der Waals surface area contributed by atoms with Gasteiger partial charge in [-0.2, -0.15) is 0 Å². The highest BCUT2D eigenvalue weighted by Crippen LogP contribution is 2.00. The van der Waals surface area contributed by atoms with Crippen LogP contribution in [0.5, 0.6) is 0 Å². The number of rotatable bonds is 6.